The maximum atomic E-state index is 5.56. The van der Waals surface area contributed by atoms with E-state index in [1.54, 1.807) is 0 Å². The Morgan fingerprint density at radius 3 is 2.79 bits per heavy atom. The number of aromatic nitrogens is 2. The minimum absolute atomic E-state index is 0.176. The zero-order valence-corrected chi connectivity index (χ0v) is 11.2. The predicted molar refractivity (Wildman–Crippen MR) is 74.9 cm³/mol. The monoisotopic (exact) mass is 261 g/mol. The van der Waals surface area contributed by atoms with Gasteiger partial charge in [-0.3, -0.25) is 0 Å². The zero-order chi connectivity index (χ0) is 13.7. The zero-order valence-electron chi connectivity index (χ0n) is 11.2. The minimum atomic E-state index is 0.176. The van der Waals surface area contributed by atoms with Gasteiger partial charge >= 0.3 is 0 Å². The molecular weight excluding hydrogens is 242 g/mol. The van der Waals surface area contributed by atoms with Crippen molar-refractivity contribution in [3.05, 3.63) is 36.0 Å². The van der Waals surface area contributed by atoms with Gasteiger partial charge in [-0.05, 0) is 26.0 Å². The third-order valence-corrected chi connectivity index (χ3v) is 2.65. The Morgan fingerprint density at radius 1 is 1.32 bits per heavy atom. The topological polar surface area (TPSA) is 89.0 Å². The number of furan rings is 1. The van der Waals surface area contributed by atoms with Crippen LogP contribution in [0.3, 0.4) is 0 Å². The number of nitrogens with two attached hydrogens (primary N) is 1. The molecule has 6 nitrogen and oxygen atoms in total. The summed E-state index contributed by atoms with van der Waals surface area (Å²) in [7, 11) is 0. The third kappa shape index (κ3) is 3.96. The Kier molecular flexibility index (Phi) is 4.35. The quantitative estimate of drug-likeness (QED) is 0.734. The van der Waals surface area contributed by atoms with Gasteiger partial charge in [-0.2, -0.15) is 0 Å². The second-order valence-corrected chi connectivity index (χ2v) is 4.44. The normalized spacial score (nSPS) is 12.2. The molecule has 0 spiro atoms. The van der Waals surface area contributed by atoms with Crippen molar-refractivity contribution in [2.75, 3.05) is 17.2 Å². The van der Waals surface area contributed by atoms with Crippen LogP contribution in [0.15, 0.2) is 28.9 Å². The lowest BCUT2D eigenvalue weighted by atomic mass is 10.3. The first-order chi connectivity index (χ1) is 9.17. The van der Waals surface area contributed by atoms with Crippen molar-refractivity contribution in [1.82, 2.24) is 9.97 Å². The summed E-state index contributed by atoms with van der Waals surface area (Å²) >= 11 is 0. The van der Waals surface area contributed by atoms with Gasteiger partial charge < -0.3 is 20.8 Å². The van der Waals surface area contributed by atoms with Gasteiger partial charge in [0.15, 0.2) is 0 Å². The van der Waals surface area contributed by atoms with Gasteiger partial charge in [0.1, 0.15) is 29.5 Å². The summed E-state index contributed by atoms with van der Waals surface area (Å²) in [6.45, 7) is 5.07. The molecule has 2 aromatic heterocycles. The molecule has 0 aliphatic carbocycles. The standard InChI is InChI=1S/C13H19N5O/c1-9(6-14)18-13-5-12(16-8-17-13)15-7-11-4-3-10(2)19-11/h3-5,8-9H,6-7,14H2,1-2H3,(H2,15,16,17,18). The smallest absolute Gasteiger partial charge is 0.131 e. The van der Waals surface area contributed by atoms with Crippen LogP contribution in [0.25, 0.3) is 0 Å². The van der Waals surface area contributed by atoms with Crippen LogP contribution in [0.2, 0.25) is 0 Å². The van der Waals surface area contributed by atoms with Crippen LogP contribution in [0.4, 0.5) is 11.6 Å². The number of rotatable bonds is 6. The Labute approximate surface area is 112 Å². The summed E-state index contributed by atoms with van der Waals surface area (Å²) in [6, 6.07) is 5.91. The largest absolute Gasteiger partial charge is 0.465 e. The second kappa shape index (κ2) is 6.19. The third-order valence-electron chi connectivity index (χ3n) is 2.65. The van der Waals surface area contributed by atoms with Gasteiger partial charge in [0.25, 0.3) is 0 Å². The molecule has 19 heavy (non-hydrogen) atoms. The molecule has 2 aromatic rings. The summed E-state index contributed by atoms with van der Waals surface area (Å²) in [5.41, 5.74) is 5.56. The van der Waals surface area contributed by atoms with Crippen molar-refractivity contribution in [2.24, 2.45) is 5.73 Å². The fourth-order valence-corrected chi connectivity index (χ4v) is 1.60. The van der Waals surface area contributed by atoms with E-state index in [-0.39, 0.29) is 6.04 Å². The average molecular weight is 261 g/mol. The highest BCUT2D eigenvalue weighted by Crippen LogP contribution is 2.12. The fourth-order valence-electron chi connectivity index (χ4n) is 1.60. The lowest BCUT2D eigenvalue weighted by Gasteiger charge is -2.12. The first kappa shape index (κ1) is 13.4. The van der Waals surface area contributed by atoms with Crippen molar-refractivity contribution < 1.29 is 4.42 Å². The van der Waals surface area contributed by atoms with Crippen LogP contribution >= 0.6 is 0 Å². The number of hydrogen-bond donors (Lipinski definition) is 3. The van der Waals surface area contributed by atoms with E-state index in [1.807, 2.05) is 32.0 Å². The molecule has 0 saturated heterocycles. The van der Waals surface area contributed by atoms with E-state index in [1.165, 1.54) is 6.33 Å². The van der Waals surface area contributed by atoms with Gasteiger partial charge in [0.05, 0.1) is 6.54 Å². The van der Waals surface area contributed by atoms with Crippen molar-refractivity contribution in [1.29, 1.82) is 0 Å². The molecule has 0 radical (unpaired) electrons. The molecule has 1 atom stereocenters. The number of anilines is 2. The van der Waals surface area contributed by atoms with E-state index in [2.05, 4.69) is 20.6 Å². The second-order valence-electron chi connectivity index (χ2n) is 4.44. The first-order valence-electron chi connectivity index (χ1n) is 6.25. The molecule has 0 saturated carbocycles. The molecule has 102 valence electrons. The van der Waals surface area contributed by atoms with Crippen LogP contribution in [0, 0.1) is 6.92 Å². The van der Waals surface area contributed by atoms with Crippen LogP contribution in [-0.2, 0) is 6.54 Å². The molecule has 0 fully saturated rings. The Morgan fingerprint density at radius 2 is 2.11 bits per heavy atom. The van der Waals surface area contributed by atoms with E-state index >= 15 is 0 Å². The van der Waals surface area contributed by atoms with Crippen LogP contribution in [-0.4, -0.2) is 22.6 Å². The van der Waals surface area contributed by atoms with E-state index in [9.17, 15) is 0 Å². The Bertz CT molecular complexity index is 525. The lowest BCUT2D eigenvalue weighted by molar-refractivity contribution is 0.490. The maximum Gasteiger partial charge on any atom is 0.131 e. The molecule has 1 unspecified atom stereocenters. The molecular formula is C13H19N5O. The van der Waals surface area contributed by atoms with Gasteiger partial charge in [0, 0.05) is 18.7 Å². The molecule has 4 N–H and O–H groups in total. The van der Waals surface area contributed by atoms with E-state index in [0.717, 1.165) is 23.2 Å². The summed E-state index contributed by atoms with van der Waals surface area (Å²) in [5, 5.41) is 6.38. The van der Waals surface area contributed by atoms with Gasteiger partial charge in [-0.1, -0.05) is 0 Å². The Balaban J connectivity index is 1.95. The fraction of sp³-hybridized carbons (Fsp3) is 0.385. The molecule has 0 aromatic carbocycles. The van der Waals surface area contributed by atoms with E-state index in [0.29, 0.717) is 13.1 Å². The Hall–Kier alpha value is -2.08. The van der Waals surface area contributed by atoms with Crippen molar-refractivity contribution >= 4 is 11.6 Å². The van der Waals surface area contributed by atoms with Crippen LogP contribution < -0.4 is 16.4 Å². The van der Waals surface area contributed by atoms with Crippen LogP contribution in [0.5, 0.6) is 0 Å². The van der Waals surface area contributed by atoms with Crippen LogP contribution in [0.1, 0.15) is 18.4 Å². The van der Waals surface area contributed by atoms with Crippen molar-refractivity contribution in [3.8, 4) is 0 Å². The van der Waals surface area contributed by atoms with Gasteiger partial charge in [0.2, 0.25) is 0 Å². The average Bonchev–Trinajstić information content (AvgIpc) is 2.82. The lowest BCUT2D eigenvalue weighted by Crippen LogP contribution is -2.25. The van der Waals surface area contributed by atoms with Crippen molar-refractivity contribution in [3.63, 3.8) is 0 Å². The summed E-state index contributed by atoms with van der Waals surface area (Å²) < 4.78 is 5.48. The van der Waals surface area contributed by atoms with E-state index < -0.39 is 0 Å². The molecule has 2 heterocycles. The number of nitrogens with one attached hydrogen (secondary N) is 2. The highest BCUT2D eigenvalue weighted by atomic mass is 16.3. The first-order valence-corrected chi connectivity index (χ1v) is 6.25. The SMILES string of the molecule is Cc1ccc(CNc2cc(NC(C)CN)ncn2)o1. The number of hydrogen-bond acceptors (Lipinski definition) is 6. The molecule has 2 rings (SSSR count). The minimum Gasteiger partial charge on any atom is -0.465 e. The maximum absolute atomic E-state index is 5.56. The number of aryl methyl sites for hydroxylation is 1. The molecule has 6 heteroatoms. The highest BCUT2D eigenvalue weighted by molar-refractivity contribution is 5.46. The molecule has 0 aliphatic rings. The number of nitrogens with zero attached hydrogens (tertiary/aromatic N) is 2. The molecule has 0 aliphatic heterocycles. The molecule has 0 amide bonds. The summed E-state index contributed by atoms with van der Waals surface area (Å²) in [5.74, 6) is 3.28. The highest BCUT2D eigenvalue weighted by Gasteiger charge is 2.03. The van der Waals surface area contributed by atoms with Gasteiger partial charge in [-0.15, -0.1) is 0 Å². The molecule has 0 bridgehead atoms. The van der Waals surface area contributed by atoms with E-state index in [4.69, 9.17) is 10.2 Å². The predicted octanol–water partition coefficient (Wildman–Crippen LogP) is 1.75. The van der Waals surface area contributed by atoms with Crippen molar-refractivity contribution in [2.45, 2.75) is 26.4 Å². The summed E-state index contributed by atoms with van der Waals surface area (Å²) in [4.78, 5) is 8.30. The summed E-state index contributed by atoms with van der Waals surface area (Å²) in [6.07, 6.45) is 1.52. The van der Waals surface area contributed by atoms with Gasteiger partial charge in [-0.25, -0.2) is 9.97 Å².